The Labute approximate surface area is 162 Å². The molecule has 1 amide bonds. The number of benzene rings is 1. The number of amides is 1. The molecule has 1 aromatic heterocycles. The highest BCUT2D eigenvalue weighted by atomic mass is 16.6. The molecule has 1 fully saturated rings. The maximum atomic E-state index is 12.6. The fourth-order valence-corrected chi connectivity index (χ4v) is 3.99. The van der Waals surface area contributed by atoms with E-state index in [1.165, 1.54) is 6.07 Å². The summed E-state index contributed by atoms with van der Waals surface area (Å²) in [6.45, 7) is 2.74. The highest BCUT2D eigenvalue weighted by Gasteiger charge is 2.23. The van der Waals surface area contributed by atoms with Crippen LogP contribution in [0.15, 0.2) is 18.2 Å². The van der Waals surface area contributed by atoms with Crippen molar-refractivity contribution in [3.8, 4) is 0 Å². The van der Waals surface area contributed by atoms with Crippen LogP contribution in [-0.2, 0) is 19.5 Å². The van der Waals surface area contributed by atoms with Gasteiger partial charge in [-0.15, -0.1) is 10.2 Å². The topological polar surface area (TPSA) is 106 Å². The zero-order valence-corrected chi connectivity index (χ0v) is 15.8. The van der Waals surface area contributed by atoms with Crippen molar-refractivity contribution < 1.29 is 9.72 Å². The summed E-state index contributed by atoms with van der Waals surface area (Å²) in [6, 6.07) is 4.74. The summed E-state index contributed by atoms with van der Waals surface area (Å²) < 4.78 is 2.02. The van der Waals surface area contributed by atoms with Crippen LogP contribution >= 0.6 is 0 Å². The molecule has 2 aliphatic heterocycles. The third-order valence-corrected chi connectivity index (χ3v) is 5.47. The van der Waals surface area contributed by atoms with E-state index in [1.54, 1.807) is 12.1 Å². The van der Waals surface area contributed by atoms with Gasteiger partial charge in [0.05, 0.1) is 11.5 Å². The van der Waals surface area contributed by atoms with Crippen molar-refractivity contribution in [3.63, 3.8) is 0 Å². The molecule has 0 radical (unpaired) electrons. The van der Waals surface area contributed by atoms with Gasteiger partial charge in [-0.2, -0.15) is 0 Å². The molecule has 9 nitrogen and oxygen atoms in total. The Hall–Kier alpha value is -2.97. The van der Waals surface area contributed by atoms with E-state index in [0.717, 1.165) is 69.8 Å². The van der Waals surface area contributed by atoms with Gasteiger partial charge in [0, 0.05) is 37.7 Å². The number of nitro benzene ring substituents is 1. The number of fused-ring (bicyclic) bond motifs is 1. The highest BCUT2D eigenvalue weighted by molar-refractivity contribution is 5.95. The lowest BCUT2D eigenvalue weighted by Gasteiger charge is -2.22. The summed E-state index contributed by atoms with van der Waals surface area (Å²) in [5.41, 5.74) is 0.864. The van der Waals surface area contributed by atoms with Gasteiger partial charge in [0.2, 0.25) is 0 Å². The molecule has 0 bridgehead atoms. The third-order valence-electron chi connectivity index (χ3n) is 5.47. The van der Waals surface area contributed by atoms with Crippen LogP contribution in [0.4, 0.5) is 11.4 Å². The number of aromatic nitrogens is 3. The Morgan fingerprint density at radius 2 is 1.89 bits per heavy atom. The molecule has 0 unspecified atom stereocenters. The smallest absolute Gasteiger partial charge is 0.293 e. The van der Waals surface area contributed by atoms with E-state index in [0.29, 0.717) is 5.69 Å². The lowest BCUT2D eigenvalue weighted by atomic mass is 10.1. The van der Waals surface area contributed by atoms with E-state index >= 15 is 0 Å². The number of carbonyl (C=O) groups is 1. The number of nitrogens with one attached hydrogen (secondary N) is 1. The first-order chi connectivity index (χ1) is 13.6. The molecule has 9 heteroatoms. The van der Waals surface area contributed by atoms with Gasteiger partial charge in [-0.1, -0.05) is 12.8 Å². The summed E-state index contributed by atoms with van der Waals surface area (Å²) in [4.78, 5) is 25.8. The third kappa shape index (κ3) is 3.69. The number of hydrogen-bond donors (Lipinski definition) is 1. The first kappa shape index (κ1) is 18.4. The molecule has 0 atom stereocenters. The normalized spacial score (nSPS) is 16.5. The molecule has 1 N–H and O–H groups in total. The Morgan fingerprint density at radius 1 is 1.11 bits per heavy atom. The van der Waals surface area contributed by atoms with Crippen molar-refractivity contribution in [2.24, 2.45) is 0 Å². The zero-order chi connectivity index (χ0) is 19.5. The maximum Gasteiger partial charge on any atom is 0.293 e. The lowest BCUT2D eigenvalue weighted by molar-refractivity contribution is -0.384. The minimum atomic E-state index is -0.400. The van der Waals surface area contributed by atoms with E-state index in [2.05, 4.69) is 20.4 Å². The molecule has 0 saturated carbocycles. The maximum absolute atomic E-state index is 12.6. The van der Waals surface area contributed by atoms with Crippen LogP contribution in [0, 0.1) is 10.1 Å². The summed E-state index contributed by atoms with van der Waals surface area (Å²) in [5, 5.41) is 22.7. The van der Waals surface area contributed by atoms with E-state index in [4.69, 9.17) is 0 Å². The molecule has 0 spiro atoms. The molecule has 1 saturated heterocycles. The molecule has 3 heterocycles. The van der Waals surface area contributed by atoms with Crippen LogP contribution < -0.4 is 10.2 Å². The van der Waals surface area contributed by atoms with Crippen molar-refractivity contribution in [3.05, 3.63) is 45.5 Å². The first-order valence-corrected chi connectivity index (χ1v) is 9.86. The minimum absolute atomic E-state index is 0.0158. The molecular formula is C19H24N6O3. The number of nitro groups is 1. The fourth-order valence-electron chi connectivity index (χ4n) is 3.99. The first-order valence-electron chi connectivity index (χ1n) is 9.86. The minimum Gasteiger partial charge on any atom is -0.366 e. The van der Waals surface area contributed by atoms with Gasteiger partial charge < -0.3 is 14.8 Å². The molecule has 1 aromatic carbocycles. The van der Waals surface area contributed by atoms with Crippen molar-refractivity contribution in [2.45, 2.75) is 51.6 Å². The van der Waals surface area contributed by atoms with Gasteiger partial charge in [0.1, 0.15) is 11.5 Å². The zero-order valence-electron chi connectivity index (χ0n) is 15.8. The largest absolute Gasteiger partial charge is 0.366 e. The van der Waals surface area contributed by atoms with Crippen molar-refractivity contribution >= 4 is 17.3 Å². The van der Waals surface area contributed by atoms with E-state index in [1.807, 2.05) is 4.57 Å². The quantitative estimate of drug-likeness (QED) is 0.627. The van der Waals surface area contributed by atoms with Crippen molar-refractivity contribution in [1.82, 2.24) is 20.1 Å². The molecule has 0 aliphatic carbocycles. The van der Waals surface area contributed by atoms with Gasteiger partial charge >= 0.3 is 0 Å². The second-order valence-corrected chi connectivity index (χ2v) is 7.33. The number of hydrogen-bond acceptors (Lipinski definition) is 6. The monoisotopic (exact) mass is 384 g/mol. The number of carbonyl (C=O) groups excluding carboxylic acids is 1. The molecule has 4 rings (SSSR count). The predicted molar refractivity (Wildman–Crippen MR) is 103 cm³/mol. The molecule has 148 valence electrons. The Kier molecular flexibility index (Phi) is 5.23. The fraction of sp³-hybridized carbons (Fsp3) is 0.526. The molecule has 2 aromatic rings. The van der Waals surface area contributed by atoms with Crippen molar-refractivity contribution in [2.75, 3.05) is 18.0 Å². The van der Waals surface area contributed by atoms with E-state index in [-0.39, 0.29) is 23.7 Å². The van der Waals surface area contributed by atoms with E-state index in [9.17, 15) is 14.9 Å². The van der Waals surface area contributed by atoms with Crippen LogP contribution in [0.25, 0.3) is 0 Å². The van der Waals surface area contributed by atoms with Gasteiger partial charge in [0.25, 0.3) is 11.6 Å². The average molecular weight is 384 g/mol. The molecule has 28 heavy (non-hydrogen) atoms. The molecule has 2 aliphatic rings. The predicted octanol–water partition coefficient (Wildman–Crippen LogP) is 2.44. The Morgan fingerprint density at radius 3 is 2.64 bits per heavy atom. The SMILES string of the molecule is O=C(NCc1nnc2n1CCC2)c1ccc(N2CCCCCC2)c([N+](=O)[O-])c1. The van der Waals surface area contributed by atoms with Gasteiger partial charge in [-0.25, -0.2) is 0 Å². The van der Waals surface area contributed by atoms with Gasteiger partial charge in [-0.3, -0.25) is 14.9 Å². The summed E-state index contributed by atoms with van der Waals surface area (Å²) in [7, 11) is 0. The highest BCUT2D eigenvalue weighted by Crippen LogP contribution is 2.31. The molecular weight excluding hydrogens is 360 g/mol. The van der Waals surface area contributed by atoms with Crippen LogP contribution in [0.3, 0.4) is 0 Å². The second kappa shape index (κ2) is 7.95. The summed E-state index contributed by atoms with van der Waals surface area (Å²) >= 11 is 0. The van der Waals surface area contributed by atoms with Gasteiger partial charge in [-0.05, 0) is 31.4 Å². The van der Waals surface area contributed by atoms with Crippen LogP contribution in [0.2, 0.25) is 0 Å². The number of anilines is 1. The van der Waals surface area contributed by atoms with Crippen molar-refractivity contribution in [1.29, 1.82) is 0 Å². The van der Waals surface area contributed by atoms with Crippen LogP contribution in [0.5, 0.6) is 0 Å². The van der Waals surface area contributed by atoms with Crippen LogP contribution in [0.1, 0.15) is 54.1 Å². The Balaban J connectivity index is 1.49. The van der Waals surface area contributed by atoms with Gasteiger partial charge in [0.15, 0.2) is 5.82 Å². The second-order valence-electron chi connectivity index (χ2n) is 7.33. The van der Waals surface area contributed by atoms with Crippen LogP contribution in [-0.4, -0.2) is 38.7 Å². The number of aryl methyl sites for hydroxylation is 1. The standard InChI is InChI=1S/C19H24N6O3/c26-19(20-13-18-22-21-17-6-5-11-24(17)18)14-7-8-15(16(12-14)25(27)28)23-9-3-1-2-4-10-23/h7-8,12H,1-6,9-11,13H2,(H,20,26). The van der Waals surface area contributed by atoms with E-state index < -0.39 is 4.92 Å². The summed E-state index contributed by atoms with van der Waals surface area (Å²) in [6.07, 6.45) is 6.30. The lowest BCUT2D eigenvalue weighted by Crippen LogP contribution is -2.26. The average Bonchev–Trinajstić information content (AvgIpc) is 3.21. The number of nitrogens with zero attached hydrogens (tertiary/aromatic N) is 5. The number of rotatable bonds is 5. The Bertz CT molecular complexity index is 886. The summed E-state index contributed by atoms with van der Waals surface area (Å²) in [5.74, 6) is 1.32.